The lowest BCUT2D eigenvalue weighted by atomic mass is 10.1. The number of hydrogen-bond donors (Lipinski definition) is 0. The first-order valence-corrected chi connectivity index (χ1v) is 7.83. The van der Waals surface area contributed by atoms with E-state index in [4.69, 9.17) is 4.52 Å². The van der Waals surface area contributed by atoms with Crippen molar-refractivity contribution in [3.05, 3.63) is 41.8 Å². The second-order valence-electron chi connectivity index (χ2n) is 5.89. The maximum atomic E-state index is 5.30. The Morgan fingerprint density at radius 3 is 2.32 bits per heavy atom. The van der Waals surface area contributed by atoms with Gasteiger partial charge in [0.15, 0.2) is 5.82 Å². The van der Waals surface area contributed by atoms with E-state index in [1.54, 1.807) is 0 Å². The minimum Gasteiger partial charge on any atom is -0.338 e. The van der Waals surface area contributed by atoms with Crippen molar-refractivity contribution in [1.82, 2.24) is 24.9 Å². The summed E-state index contributed by atoms with van der Waals surface area (Å²) in [7, 11) is 0. The molecular formula is C16H23N5O. The Balaban J connectivity index is 1.58. The number of rotatable bonds is 4. The molecule has 1 aliphatic rings. The van der Waals surface area contributed by atoms with Crippen LogP contribution in [-0.2, 0) is 0 Å². The van der Waals surface area contributed by atoms with Gasteiger partial charge in [0, 0.05) is 44.6 Å². The SMILES string of the molecule is Cc1noc([C@@H](C)N2CCN([C@@H](C)c3cccnc3)CC2)n1. The summed E-state index contributed by atoms with van der Waals surface area (Å²) < 4.78 is 5.30. The standard InChI is InChI=1S/C16H23N5O/c1-12(15-5-4-6-17-11-15)20-7-9-21(10-8-20)13(2)16-18-14(3)19-22-16/h4-6,11-13H,7-10H2,1-3H3/t12-,13+/m0/s1. The monoisotopic (exact) mass is 301 g/mol. The number of pyridine rings is 1. The lowest BCUT2D eigenvalue weighted by Gasteiger charge is -2.39. The molecule has 22 heavy (non-hydrogen) atoms. The largest absolute Gasteiger partial charge is 0.338 e. The summed E-state index contributed by atoms with van der Waals surface area (Å²) in [4.78, 5) is 13.5. The van der Waals surface area contributed by atoms with Crippen LogP contribution in [0.25, 0.3) is 0 Å². The van der Waals surface area contributed by atoms with Gasteiger partial charge in [-0.05, 0) is 32.4 Å². The average Bonchev–Trinajstić information content (AvgIpc) is 3.01. The van der Waals surface area contributed by atoms with Crippen molar-refractivity contribution in [1.29, 1.82) is 0 Å². The molecule has 0 bridgehead atoms. The summed E-state index contributed by atoms with van der Waals surface area (Å²) in [5.41, 5.74) is 1.27. The van der Waals surface area contributed by atoms with Crippen molar-refractivity contribution in [2.75, 3.05) is 26.2 Å². The predicted octanol–water partition coefficient (Wildman–Crippen LogP) is 2.21. The lowest BCUT2D eigenvalue weighted by Crippen LogP contribution is -2.47. The number of piperazine rings is 1. The molecular weight excluding hydrogens is 278 g/mol. The van der Waals surface area contributed by atoms with E-state index in [2.05, 4.69) is 44.8 Å². The Morgan fingerprint density at radius 1 is 1.09 bits per heavy atom. The predicted molar refractivity (Wildman–Crippen MR) is 83.2 cm³/mol. The molecule has 0 aromatic carbocycles. The molecule has 0 aliphatic carbocycles. The topological polar surface area (TPSA) is 58.3 Å². The van der Waals surface area contributed by atoms with Crippen LogP contribution in [0.2, 0.25) is 0 Å². The summed E-state index contributed by atoms with van der Waals surface area (Å²) in [6.45, 7) is 10.3. The number of aryl methyl sites for hydroxylation is 1. The first-order valence-electron chi connectivity index (χ1n) is 7.83. The Kier molecular flexibility index (Phi) is 4.49. The van der Waals surface area contributed by atoms with Gasteiger partial charge < -0.3 is 4.52 Å². The highest BCUT2D eigenvalue weighted by molar-refractivity contribution is 5.13. The Labute approximate surface area is 131 Å². The zero-order valence-electron chi connectivity index (χ0n) is 13.4. The molecule has 0 amide bonds. The fraction of sp³-hybridized carbons (Fsp3) is 0.562. The summed E-state index contributed by atoms with van der Waals surface area (Å²) in [5, 5.41) is 3.89. The Bertz CT molecular complexity index is 592. The maximum absolute atomic E-state index is 5.30. The minimum atomic E-state index is 0.178. The highest BCUT2D eigenvalue weighted by atomic mass is 16.5. The molecule has 6 nitrogen and oxygen atoms in total. The van der Waals surface area contributed by atoms with Crippen LogP contribution in [-0.4, -0.2) is 51.1 Å². The van der Waals surface area contributed by atoms with Gasteiger partial charge in [0.05, 0.1) is 6.04 Å². The summed E-state index contributed by atoms with van der Waals surface area (Å²) in [5.74, 6) is 1.41. The number of nitrogens with zero attached hydrogens (tertiary/aromatic N) is 5. The van der Waals surface area contributed by atoms with Gasteiger partial charge in [-0.3, -0.25) is 14.8 Å². The van der Waals surface area contributed by atoms with Crippen LogP contribution in [0.3, 0.4) is 0 Å². The second kappa shape index (κ2) is 6.54. The fourth-order valence-electron chi connectivity index (χ4n) is 2.98. The third-order valence-corrected chi connectivity index (χ3v) is 4.51. The molecule has 6 heteroatoms. The van der Waals surface area contributed by atoms with E-state index in [0.717, 1.165) is 26.2 Å². The van der Waals surface area contributed by atoms with Gasteiger partial charge in [0.2, 0.25) is 5.89 Å². The van der Waals surface area contributed by atoms with E-state index in [0.29, 0.717) is 17.8 Å². The van der Waals surface area contributed by atoms with Gasteiger partial charge >= 0.3 is 0 Å². The highest BCUT2D eigenvalue weighted by Gasteiger charge is 2.27. The van der Waals surface area contributed by atoms with Crippen molar-refractivity contribution in [3.8, 4) is 0 Å². The van der Waals surface area contributed by atoms with E-state index in [9.17, 15) is 0 Å². The summed E-state index contributed by atoms with van der Waals surface area (Å²) >= 11 is 0. The number of hydrogen-bond acceptors (Lipinski definition) is 6. The summed E-state index contributed by atoms with van der Waals surface area (Å²) in [6, 6.07) is 4.73. The van der Waals surface area contributed by atoms with Gasteiger partial charge in [0.1, 0.15) is 0 Å². The zero-order valence-corrected chi connectivity index (χ0v) is 13.4. The molecule has 2 atom stereocenters. The molecule has 3 heterocycles. The molecule has 0 saturated carbocycles. The van der Waals surface area contributed by atoms with Crippen LogP contribution in [0.5, 0.6) is 0 Å². The van der Waals surface area contributed by atoms with Crippen LogP contribution in [0, 0.1) is 6.92 Å². The molecule has 1 saturated heterocycles. The molecule has 3 rings (SSSR count). The summed E-state index contributed by atoms with van der Waals surface area (Å²) in [6.07, 6.45) is 3.78. The molecule has 118 valence electrons. The van der Waals surface area contributed by atoms with E-state index in [1.807, 2.05) is 25.4 Å². The van der Waals surface area contributed by atoms with E-state index in [1.165, 1.54) is 5.56 Å². The lowest BCUT2D eigenvalue weighted by molar-refractivity contribution is 0.0677. The molecule has 2 aromatic rings. The third kappa shape index (κ3) is 3.18. The maximum Gasteiger partial charge on any atom is 0.243 e. The average molecular weight is 301 g/mol. The molecule has 0 radical (unpaired) electrons. The van der Waals surface area contributed by atoms with Crippen molar-refractivity contribution in [3.63, 3.8) is 0 Å². The highest BCUT2D eigenvalue weighted by Crippen LogP contribution is 2.24. The Hall–Kier alpha value is -1.79. The van der Waals surface area contributed by atoms with Crippen molar-refractivity contribution >= 4 is 0 Å². The zero-order chi connectivity index (χ0) is 15.5. The van der Waals surface area contributed by atoms with E-state index in [-0.39, 0.29) is 6.04 Å². The fourth-order valence-corrected chi connectivity index (χ4v) is 2.98. The first-order chi connectivity index (χ1) is 10.6. The van der Waals surface area contributed by atoms with Crippen molar-refractivity contribution in [2.24, 2.45) is 0 Å². The van der Waals surface area contributed by atoms with Gasteiger partial charge in [-0.15, -0.1) is 0 Å². The van der Waals surface area contributed by atoms with Crippen molar-refractivity contribution < 1.29 is 4.52 Å². The normalized spacial score (nSPS) is 20.0. The van der Waals surface area contributed by atoms with Crippen LogP contribution in [0.1, 0.15) is 43.2 Å². The van der Waals surface area contributed by atoms with Crippen molar-refractivity contribution in [2.45, 2.75) is 32.9 Å². The van der Waals surface area contributed by atoms with Gasteiger partial charge in [0.25, 0.3) is 0 Å². The van der Waals surface area contributed by atoms with Gasteiger partial charge in [-0.25, -0.2) is 0 Å². The molecule has 0 N–H and O–H groups in total. The van der Waals surface area contributed by atoms with Crippen LogP contribution < -0.4 is 0 Å². The van der Waals surface area contributed by atoms with E-state index >= 15 is 0 Å². The van der Waals surface area contributed by atoms with Crippen LogP contribution in [0.15, 0.2) is 29.0 Å². The molecule has 0 spiro atoms. The molecule has 2 aromatic heterocycles. The Morgan fingerprint density at radius 2 is 1.77 bits per heavy atom. The molecule has 0 unspecified atom stereocenters. The smallest absolute Gasteiger partial charge is 0.243 e. The second-order valence-corrected chi connectivity index (χ2v) is 5.89. The first kappa shape index (κ1) is 15.1. The molecule has 1 aliphatic heterocycles. The van der Waals surface area contributed by atoms with Crippen LogP contribution in [0.4, 0.5) is 0 Å². The van der Waals surface area contributed by atoms with Crippen LogP contribution >= 0.6 is 0 Å². The number of aromatic nitrogens is 3. The van der Waals surface area contributed by atoms with Gasteiger partial charge in [-0.2, -0.15) is 4.98 Å². The minimum absolute atomic E-state index is 0.178. The van der Waals surface area contributed by atoms with Gasteiger partial charge in [-0.1, -0.05) is 11.2 Å². The quantitative estimate of drug-likeness (QED) is 0.863. The van der Waals surface area contributed by atoms with E-state index < -0.39 is 0 Å². The third-order valence-electron chi connectivity index (χ3n) is 4.51. The molecule has 1 fully saturated rings.